The van der Waals surface area contributed by atoms with E-state index in [0.29, 0.717) is 5.75 Å². The first-order valence-electron chi connectivity index (χ1n) is 4.20. The van der Waals surface area contributed by atoms with Gasteiger partial charge in [0, 0.05) is 5.92 Å². The van der Waals surface area contributed by atoms with Gasteiger partial charge in [-0.25, -0.2) is 0 Å². The normalized spacial score (nSPS) is 32.3. The molecule has 1 saturated carbocycles. The van der Waals surface area contributed by atoms with Crippen molar-refractivity contribution in [3.63, 3.8) is 0 Å². The number of carboxylic acids is 2. The Morgan fingerprint density at radius 2 is 2.07 bits per heavy atom. The summed E-state index contributed by atoms with van der Waals surface area (Å²) in [6, 6.07) is -1.05. The molecule has 0 aromatic heterocycles. The van der Waals surface area contributed by atoms with Crippen LogP contribution in [0.4, 0.5) is 0 Å². The van der Waals surface area contributed by atoms with E-state index in [1.54, 1.807) is 0 Å². The molecule has 0 aromatic carbocycles. The van der Waals surface area contributed by atoms with E-state index in [4.69, 9.17) is 15.9 Å². The summed E-state index contributed by atoms with van der Waals surface area (Å²) >= 11 is 1.51. The van der Waals surface area contributed by atoms with Crippen molar-refractivity contribution in [2.75, 3.05) is 12.0 Å². The number of aliphatic carboxylic acids is 2. The van der Waals surface area contributed by atoms with Crippen LogP contribution in [0.15, 0.2) is 0 Å². The minimum absolute atomic E-state index is 0.0893. The monoisotopic (exact) mass is 219 g/mol. The Bertz CT molecular complexity index is 258. The molecule has 0 aromatic rings. The van der Waals surface area contributed by atoms with Crippen LogP contribution in [0.2, 0.25) is 0 Å². The van der Waals surface area contributed by atoms with E-state index in [0.717, 1.165) is 0 Å². The summed E-state index contributed by atoms with van der Waals surface area (Å²) in [5, 5.41) is 17.4. The zero-order valence-electron chi connectivity index (χ0n) is 7.71. The van der Waals surface area contributed by atoms with E-state index in [9.17, 15) is 9.59 Å². The number of hydrogen-bond donors (Lipinski definition) is 3. The largest absolute Gasteiger partial charge is 0.481 e. The minimum Gasteiger partial charge on any atom is -0.481 e. The summed E-state index contributed by atoms with van der Waals surface area (Å²) in [6.45, 7) is 0. The number of hydrogen-bond acceptors (Lipinski definition) is 4. The standard InChI is InChI=1S/C8H13NO4S/c1-14-2-3-4(5(3)7(10)11)6(9)8(12)13/h3-6H,2,9H2,1H3,(H,10,11)(H,12,13)/t3-,4+,5+,6+/m1/s1. The SMILES string of the molecule is CSC[C@H]1[C@H](C(=O)O)[C@H]1[C@H](N)C(=O)O. The molecule has 1 fully saturated rings. The van der Waals surface area contributed by atoms with Gasteiger partial charge >= 0.3 is 11.9 Å². The lowest BCUT2D eigenvalue weighted by Gasteiger charge is -2.03. The van der Waals surface area contributed by atoms with Gasteiger partial charge in [0.1, 0.15) is 6.04 Å². The Morgan fingerprint density at radius 3 is 2.43 bits per heavy atom. The summed E-state index contributed by atoms with van der Waals surface area (Å²) < 4.78 is 0. The molecular weight excluding hydrogens is 206 g/mol. The second kappa shape index (κ2) is 4.18. The fourth-order valence-corrected chi connectivity index (χ4v) is 2.62. The van der Waals surface area contributed by atoms with E-state index in [1.807, 2.05) is 6.26 Å². The van der Waals surface area contributed by atoms with Crippen LogP contribution >= 0.6 is 11.8 Å². The minimum atomic E-state index is -1.12. The van der Waals surface area contributed by atoms with Crippen LogP contribution in [-0.4, -0.2) is 40.2 Å². The number of carbonyl (C=O) groups is 2. The summed E-state index contributed by atoms with van der Waals surface area (Å²) in [4.78, 5) is 21.3. The molecule has 0 spiro atoms. The van der Waals surface area contributed by atoms with Crippen LogP contribution in [0.25, 0.3) is 0 Å². The lowest BCUT2D eigenvalue weighted by molar-refractivity contribution is -0.140. The number of rotatable bonds is 5. The molecular formula is C8H13NO4S. The van der Waals surface area contributed by atoms with Crippen molar-refractivity contribution in [1.29, 1.82) is 0 Å². The molecule has 0 aliphatic heterocycles. The highest BCUT2D eigenvalue weighted by Gasteiger charge is 2.58. The molecule has 0 saturated heterocycles. The zero-order chi connectivity index (χ0) is 10.9. The summed E-state index contributed by atoms with van der Waals surface area (Å²) in [5.74, 6) is -2.47. The van der Waals surface area contributed by atoms with Crippen molar-refractivity contribution < 1.29 is 19.8 Å². The maximum atomic E-state index is 10.7. The van der Waals surface area contributed by atoms with E-state index < -0.39 is 29.8 Å². The van der Waals surface area contributed by atoms with Crippen molar-refractivity contribution in [1.82, 2.24) is 0 Å². The zero-order valence-corrected chi connectivity index (χ0v) is 8.53. The Labute approximate surface area is 85.7 Å². The summed E-state index contributed by atoms with van der Waals surface area (Å²) in [7, 11) is 0. The van der Waals surface area contributed by atoms with Gasteiger partial charge in [0.25, 0.3) is 0 Å². The maximum absolute atomic E-state index is 10.7. The van der Waals surface area contributed by atoms with Crippen molar-refractivity contribution >= 4 is 23.7 Å². The highest BCUT2D eigenvalue weighted by molar-refractivity contribution is 7.98. The Morgan fingerprint density at radius 1 is 1.50 bits per heavy atom. The van der Waals surface area contributed by atoms with Crippen LogP contribution < -0.4 is 5.73 Å². The molecule has 80 valence electrons. The van der Waals surface area contributed by atoms with E-state index >= 15 is 0 Å². The van der Waals surface area contributed by atoms with Gasteiger partial charge < -0.3 is 15.9 Å². The van der Waals surface area contributed by atoms with Crippen molar-refractivity contribution in [2.24, 2.45) is 23.5 Å². The molecule has 1 aliphatic carbocycles. The predicted octanol–water partition coefficient (Wildman–Crippen LogP) is -0.292. The third-order valence-corrected chi connectivity index (χ3v) is 3.29. The fourth-order valence-electron chi connectivity index (χ4n) is 1.81. The molecule has 1 rings (SSSR count). The predicted molar refractivity (Wildman–Crippen MR) is 52.1 cm³/mol. The van der Waals surface area contributed by atoms with Gasteiger partial charge in [-0.1, -0.05) is 0 Å². The van der Waals surface area contributed by atoms with E-state index in [-0.39, 0.29) is 5.92 Å². The molecule has 4 N–H and O–H groups in total. The molecule has 0 heterocycles. The molecule has 0 radical (unpaired) electrons. The molecule has 0 amide bonds. The van der Waals surface area contributed by atoms with Gasteiger partial charge in [-0.3, -0.25) is 9.59 Å². The first-order chi connectivity index (χ1) is 6.50. The lowest BCUT2D eigenvalue weighted by atomic mass is 10.1. The average Bonchev–Trinajstić information content (AvgIpc) is 2.78. The maximum Gasteiger partial charge on any atom is 0.320 e. The topological polar surface area (TPSA) is 101 Å². The highest BCUT2D eigenvalue weighted by Crippen LogP contribution is 2.49. The summed E-state index contributed by atoms with van der Waals surface area (Å²) in [5.41, 5.74) is 5.40. The Balaban J connectivity index is 2.62. The van der Waals surface area contributed by atoms with Gasteiger partial charge in [0.05, 0.1) is 5.92 Å². The van der Waals surface area contributed by atoms with Crippen molar-refractivity contribution in [2.45, 2.75) is 6.04 Å². The van der Waals surface area contributed by atoms with Gasteiger partial charge in [-0.05, 0) is 17.9 Å². The molecule has 5 nitrogen and oxygen atoms in total. The number of carboxylic acid groups (broad SMARTS) is 2. The number of nitrogens with two attached hydrogens (primary N) is 1. The molecule has 14 heavy (non-hydrogen) atoms. The quantitative estimate of drug-likeness (QED) is 0.587. The van der Waals surface area contributed by atoms with E-state index in [2.05, 4.69) is 0 Å². The van der Waals surface area contributed by atoms with Crippen molar-refractivity contribution in [3.05, 3.63) is 0 Å². The van der Waals surface area contributed by atoms with Crippen LogP contribution in [0, 0.1) is 17.8 Å². The van der Waals surface area contributed by atoms with Crippen LogP contribution in [-0.2, 0) is 9.59 Å². The second-order valence-corrected chi connectivity index (χ2v) is 4.34. The summed E-state index contributed by atoms with van der Waals surface area (Å²) in [6.07, 6.45) is 1.86. The van der Waals surface area contributed by atoms with Crippen LogP contribution in [0.1, 0.15) is 0 Å². The third-order valence-electron chi connectivity index (χ3n) is 2.57. The average molecular weight is 219 g/mol. The first kappa shape index (κ1) is 11.3. The van der Waals surface area contributed by atoms with Gasteiger partial charge in [0.15, 0.2) is 0 Å². The van der Waals surface area contributed by atoms with Gasteiger partial charge in [-0.2, -0.15) is 11.8 Å². The Hall–Kier alpha value is -0.750. The second-order valence-electron chi connectivity index (χ2n) is 3.42. The molecule has 4 atom stereocenters. The third kappa shape index (κ3) is 2.01. The van der Waals surface area contributed by atoms with E-state index in [1.165, 1.54) is 11.8 Å². The van der Waals surface area contributed by atoms with Gasteiger partial charge in [0.2, 0.25) is 0 Å². The molecule has 6 heteroatoms. The molecule has 0 bridgehead atoms. The smallest absolute Gasteiger partial charge is 0.320 e. The molecule has 0 unspecified atom stereocenters. The Kier molecular flexibility index (Phi) is 3.38. The highest BCUT2D eigenvalue weighted by atomic mass is 32.2. The molecule has 1 aliphatic rings. The van der Waals surface area contributed by atoms with Crippen molar-refractivity contribution in [3.8, 4) is 0 Å². The van der Waals surface area contributed by atoms with Crippen LogP contribution in [0.3, 0.4) is 0 Å². The fraction of sp³-hybridized carbons (Fsp3) is 0.750. The lowest BCUT2D eigenvalue weighted by Crippen LogP contribution is -2.34. The van der Waals surface area contributed by atoms with Gasteiger partial charge in [-0.15, -0.1) is 0 Å². The number of thioether (sulfide) groups is 1. The van der Waals surface area contributed by atoms with Crippen LogP contribution in [0.5, 0.6) is 0 Å². The first-order valence-corrected chi connectivity index (χ1v) is 5.60.